The van der Waals surface area contributed by atoms with Crippen LogP contribution in [0.25, 0.3) is 0 Å². The van der Waals surface area contributed by atoms with E-state index in [2.05, 4.69) is 26.5 Å². The second-order valence-corrected chi connectivity index (χ2v) is 7.58. The lowest BCUT2D eigenvalue weighted by atomic mass is 9.77. The van der Waals surface area contributed by atoms with Crippen molar-refractivity contribution in [2.75, 3.05) is 13.2 Å². The predicted molar refractivity (Wildman–Crippen MR) is 76.8 cm³/mol. The molecule has 0 radical (unpaired) electrons. The van der Waals surface area contributed by atoms with Gasteiger partial charge in [-0.15, -0.1) is 6.58 Å². The summed E-state index contributed by atoms with van der Waals surface area (Å²) in [5.41, 5.74) is 0.174. The van der Waals surface area contributed by atoms with Gasteiger partial charge in [-0.05, 0) is 24.7 Å². The standard InChI is InChI=1S/C17H28O2/c1-4-14(13-8-6-5-7-9-13)15-10-17(15)18-11-16(2,3)12-19-17/h4,13-15H,1,5-12H2,2-3H3/t14-,15+/m1/s1. The quantitative estimate of drug-likeness (QED) is 0.713. The second-order valence-electron chi connectivity index (χ2n) is 7.58. The average molecular weight is 264 g/mol. The van der Waals surface area contributed by atoms with E-state index in [0.717, 1.165) is 25.6 Å². The summed E-state index contributed by atoms with van der Waals surface area (Å²) in [5.74, 6) is 1.73. The first-order valence-corrected chi connectivity index (χ1v) is 7.97. The summed E-state index contributed by atoms with van der Waals surface area (Å²) in [6, 6.07) is 0. The molecule has 2 nitrogen and oxygen atoms in total. The smallest absolute Gasteiger partial charge is 0.172 e. The fraction of sp³-hybridized carbons (Fsp3) is 0.882. The Morgan fingerprint density at radius 3 is 2.32 bits per heavy atom. The van der Waals surface area contributed by atoms with Crippen LogP contribution in [0.5, 0.6) is 0 Å². The Kier molecular flexibility index (Phi) is 3.51. The van der Waals surface area contributed by atoms with Crippen molar-refractivity contribution in [2.45, 2.75) is 58.2 Å². The lowest BCUT2D eigenvalue weighted by Gasteiger charge is -2.37. The van der Waals surface area contributed by atoms with Crippen LogP contribution in [0.15, 0.2) is 12.7 Å². The monoisotopic (exact) mass is 264 g/mol. The molecule has 0 bridgehead atoms. The van der Waals surface area contributed by atoms with E-state index in [-0.39, 0.29) is 11.2 Å². The maximum Gasteiger partial charge on any atom is 0.172 e. The maximum atomic E-state index is 6.11. The zero-order valence-electron chi connectivity index (χ0n) is 12.5. The van der Waals surface area contributed by atoms with Gasteiger partial charge in [0.15, 0.2) is 5.79 Å². The van der Waals surface area contributed by atoms with Crippen molar-refractivity contribution in [3.8, 4) is 0 Å². The Bertz CT molecular complexity index is 331. The van der Waals surface area contributed by atoms with Gasteiger partial charge in [-0.1, -0.05) is 39.2 Å². The number of allylic oxidation sites excluding steroid dienone is 1. The van der Waals surface area contributed by atoms with Gasteiger partial charge < -0.3 is 9.47 Å². The first-order chi connectivity index (χ1) is 9.06. The van der Waals surface area contributed by atoms with Gasteiger partial charge in [0.1, 0.15) is 0 Å². The molecule has 108 valence electrons. The van der Waals surface area contributed by atoms with Gasteiger partial charge in [-0.2, -0.15) is 0 Å². The zero-order valence-corrected chi connectivity index (χ0v) is 12.5. The van der Waals surface area contributed by atoms with Crippen LogP contribution in [0.3, 0.4) is 0 Å². The van der Waals surface area contributed by atoms with E-state index in [1.807, 2.05) is 0 Å². The minimum atomic E-state index is -0.244. The van der Waals surface area contributed by atoms with Crippen LogP contribution in [-0.2, 0) is 9.47 Å². The molecule has 2 heteroatoms. The molecule has 0 unspecified atom stereocenters. The number of hydrogen-bond donors (Lipinski definition) is 0. The Morgan fingerprint density at radius 1 is 1.11 bits per heavy atom. The van der Waals surface area contributed by atoms with Crippen molar-refractivity contribution in [1.29, 1.82) is 0 Å². The van der Waals surface area contributed by atoms with Crippen LogP contribution in [0.1, 0.15) is 52.4 Å². The minimum Gasteiger partial charge on any atom is -0.349 e. The lowest BCUT2D eigenvalue weighted by molar-refractivity contribution is -0.252. The summed E-state index contributed by atoms with van der Waals surface area (Å²) < 4.78 is 12.2. The van der Waals surface area contributed by atoms with Crippen molar-refractivity contribution in [3.05, 3.63) is 12.7 Å². The van der Waals surface area contributed by atoms with E-state index in [1.54, 1.807) is 0 Å². The van der Waals surface area contributed by atoms with Crippen LogP contribution < -0.4 is 0 Å². The molecule has 1 heterocycles. The second kappa shape index (κ2) is 4.89. The molecular formula is C17H28O2. The third-order valence-electron chi connectivity index (χ3n) is 5.25. The van der Waals surface area contributed by atoms with Gasteiger partial charge in [-0.3, -0.25) is 0 Å². The molecule has 3 aliphatic rings. The molecular weight excluding hydrogens is 236 g/mol. The highest BCUT2D eigenvalue weighted by Crippen LogP contribution is 2.58. The Morgan fingerprint density at radius 2 is 1.74 bits per heavy atom. The summed E-state index contributed by atoms with van der Waals surface area (Å²) in [6.45, 7) is 10.2. The third-order valence-corrected chi connectivity index (χ3v) is 5.25. The van der Waals surface area contributed by atoms with Crippen molar-refractivity contribution < 1.29 is 9.47 Å². The highest BCUT2D eigenvalue weighted by atomic mass is 16.7. The van der Waals surface area contributed by atoms with Crippen molar-refractivity contribution in [3.63, 3.8) is 0 Å². The Hall–Kier alpha value is -0.340. The van der Waals surface area contributed by atoms with Crippen LogP contribution in [0, 0.1) is 23.2 Å². The lowest BCUT2D eigenvalue weighted by Crippen LogP contribution is -2.41. The SMILES string of the molecule is C=C[C@H](C1CCCCC1)[C@@H]1CC12OCC(C)(C)CO2. The first kappa shape index (κ1) is 13.6. The van der Waals surface area contributed by atoms with E-state index in [1.165, 1.54) is 32.1 Å². The summed E-state index contributed by atoms with van der Waals surface area (Å²) >= 11 is 0. The van der Waals surface area contributed by atoms with Gasteiger partial charge in [0.05, 0.1) is 13.2 Å². The van der Waals surface area contributed by atoms with Crippen LogP contribution in [0.2, 0.25) is 0 Å². The van der Waals surface area contributed by atoms with Crippen LogP contribution >= 0.6 is 0 Å². The molecule has 0 aromatic carbocycles. The van der Waals surface area contributed by atoms with E-state index >= 15 is 0 Å². The summed E-state index contributed by atoms with van der Waals surface area (Å²) in [4.78, 5) is 0. The Labute approximate surface area is 117 Å². The molecule has 0 aromatic heterocycles. The summed E-state index contributed by atoms with van der Waals surface area (Å²) in [7, 11) is 0. The molecule has 1 spiro atoms. The average Bonchev–Trinajstić information content (AvgIpc) is 3.11. The topological polar surface area (TPSA) is 18.5 Å². The molecule has 0 amide bonds. The molecule has 0 aromatic rings. The number of ether oxygens (including phenoxy) is 2. The summed E-state index contributed by atoms with van der Waals surface area (Å²) in [5, 5.41) is 0. The molecule has 1 saturated heterocycles. The van der Waals surface area contributed by atoms with Crippen molar-refractivity contribution in [1.82, 2.24) is 0 Å². The highest BCUT2D eigenvalue weighted by Gasteiger charge is 2.63. The first-order valence-electron chi connectivity index (χ1n) is 7.97. The van der Waals surface area contributed by atoms with E-state index in [9.17, 15) is 0 Å². The van der Waals surface area contributed by atoms with Crippen molar-refractivity contribution in [2.24, 2.45) is 23.2 Å². The van der Waals surface area contributed by atoms with Gasteiger partial charge in [0, 0.05) is 17.8 Å². The number of hydrogen-bond acceptors (Lipinski definition) is 2. The Balaban J connectivity index is 1.62. The van der Waals surface area contributed by atoms with Gasteiger partial charge >= 0.3 is 0 Å². The van der Waals surface area contributed by atoms with Crippen LogP contribution in [0.4, 0.5) is 0 Å². The molecule has 2 atom stereocenters. The molecule has 3 fully saturated rings. The zero-order chi connectivity index (χ0) is 13.5. The van der Waals surface area contributed by atoms with Gasteiger partial charge in [-0.25, -0.2) is 0 Å². The fourth-order valence-corrected chi connectivity index (χ4v) is 3.93. The van der Waals surface area contributed by atoms with E-state index in [0.29, 0.717) is 11.8 Å². The minimum absolute atomic E-state index is 0.174. The summed E-state index contributed by atoms with van der Waals surface area (Å²) in [6.07, 6.45) is 10.2. The molecule has 0 N–H and O–H groups in total. The molecule has 19 heavy (non-hydrogen) atoms. The number of rotatable bonds is 3. The largest absolute Gasteiger partial charge is 0.349 e. The third kappa shape index (κ3) is 2.62. The van der Waals surface area contributed by atoms with Crippen LogP contribution in [-0.4, -0.2) is 19.0 Å². The molecule has 3 rings (SSSR count). The molecule has 2 aliphatic carbocycles. The normalized spacial score (nSPS) is 34.9. The van der Waals surface area contributed by atoms with Gasteiger partial charge in [0.25, 0.3) is 0 Å². The van der Waals surface area contributed by atoms with E-state index < -0.39 is 0 Å². The fourth-order valence-electron chi connectivity index (χ4n) is 3.93. The molecule has 2 saturated carbocycles. The van der Waals surface area contributed by atoms with Crippen molar-refractivity contribution >= 4 is 0 Å². The molecule has 1 aliphatic heterocycles. The maximum absolute atomic E-state index is 6.11. The van der Waals surface area contributed by atoms with E-state index in [4.69, 9.17) is 9.47 Å². The van der Waals surface area contributed by atoms with Gasteiger partial charge in [0.2, 0.25) is 0 Å². The highest BCUT2D eigenvalue weighted by molar-refractivity contribution is 5.09. The predicted octanol–water partition coefficient (Wildman–Crippen LogP) is 4.16.